The lowest BCUT2D eigenvalue weighted by molar-refractivity contribution is 0.0704. The van der Waals surface area contributed by atoms with E-state index >= 15 is 0 Å². The van der Waals surface area contributed by atoms with Gasteiger partial charge in [-0.25, -0.2) is 4.39 Å². The molecular weight excluding hydrogens is 261 g/mol. The van der Waals surface area contributed by atoms with Crippen molar-refractivity contribution >= 4 is 5.91 Å². The van der Waals surface area contributed by atoms with Gasteiger partial charge in [-0.3, -0.25) is 4.79 Å². The summed E-state index contributed by atoms with van der Waals surface area (Å²) in [5.74, 6) is -1.54. The van der Waals surface area contributed by atoms with Crippen molar-refractivity contribution in [3.63, 3.8) is 0 Å². The van der Waals surface area contributed by atoms with E-state index in [-0.39, 0.29) is 16.9 Å². The molecular formula is C15H20FNO3. The standard InChI is InChI=1S/C15H20FNO3/c1-15(2)8-11(18)5-6-17(9-15)14(20)10-3-4-13(19)12(16)7-10/h3-4,7,11,18-19H,5-6,8-9H2,1-2H3/t11-/m0/s1. The topological polar surface area (TPSA) is 60.8 Å². The Labute approximate surface area is 117 Å². The highest BCUT2D eigenvalue weighted by Gasteiger charge is 2.31. The first-order valence-corrected chi connectivity index (χ1v) is 6.74. The normalized spacial score (nSPS) is 22.4. The number of aliphatic hydroxyl groups is 1. The Morgan fingerprint density at radius 1 is 1.45 bits per heavy atom. The first-order valence-electron chi connectivity index (χ1n) is 6.74. The third-order valence-corrected chi connectivity index (χ3v) is 3.62. The van der Waals surface area contributed by atoms with E-state index < -0.39 is 17.7 Å². The van der Waals surface area contributed by atoms with Gasteiger partial charge in [-0.1, -0.05) is 13.8 Å². The summed E-state index contributed by atoms with van der Waals surface area (Å²) >= 11 is 0. The zero-order chi connectivity index (χ0) is 14.9. The first kappa shape index (κ1) is 14.8. The molecule has 1 atom stereocenters. The number of aliphatic hydroxyl groups excluding tert-OH is 1. The highest BCUT2D eigenvalue weighted by molar-refractivity contribution is 5.94. The number of carbonyl (C=O) groups is 1. The molecule has 4 nitrogen and oxygen atoms in total. The van der Waals surface area contributed by atoms with Gasteiger partial charge in [-0.15, -0.1) is 0 Å². The summed E-state index contributed by atoms with van der Waals surface area (Å²) < 4.78 is 13.3. The third-order valence-electron chi connectivity index (χ3n) is 3.62. The van der Waals surface area contributed by atoms with Crippen molar-refractivity contribution in [1.29, 1.82) is 0 Å². The molecule has 1 aromatic rings. The summed E-state index contributed by atoms with van der Waals surface area (Å²) in [7, 11) is 0. The molecule has 2 rings (SSSR count). The summed E-state index contributed by atoms with van der Waals surface area (Å²) in [6.45, 7) is 4.97. The molecule has 0 bridgehead atoms. The number of rotatable bonds is 1. The number of benzene rings is 1. The van der Waals surface area contributed by atoms with Crippen molar-refractivity contribution in [2.75, 3.05) is 13.1 Å². The maximum absolute atomic E-state index is 13.3. The van der Waals surface area contributed by atoms with Gasteiger partial charge in [0.05, 0.1) is 6.10 Å². The highest BCUT2D eigenvalue weighted by atomic mass is 19.1. The lowest BCUT2D eigenvalue weighted by atomic mass is 9.87. The Bertz CT molecular complexity index is 516. The van der Waals surface area contributed by atoms with E-state index in [1.54, 1.807) is 4.90 Å². The Morgan fingerprint density at radius 2 is 2.15 bits per heavy atom. The third kappa shape index (κ3) is 3.28. The number of phenols is 1. The van der Waals surface area contributed by atoms with Crippen LogP contribution in [-0.4, -0.2) is 40.2 Å². The smallest absolute Gasteiger partial charge is 0.253 e. The molecule has 110 valence electrons. The van der Waals surface area contributed by atoms with Gasteiger partial charge in [0.1, 0.15) is 0 Å². The second-order valence-corrected chi connectivity index (χ2v) is 6.20. The fourth-order valence-electron chi connectivity index (χ4n) is 2.70. The Kier molecular flexibility index (Phi) is 3.99. The lowest BCUT2D eigenvalue weighted by Gasteiger charge is -2.29. The van der Waals surface area contributed by atoms with Gasteiger partial charge < -0.3 is 15.1 Å². The van der Waals surface area contributed by atoms with Gasteiger partial charge in [0.2, 0.25) is 0 Å². The molecule has 1 heterocycles. The fraction of sp³-hybridized carbons (Fsp3) is 0.533. The van der Waals surface area contributed by atoms with Gasteiger partial charge >= 0.3 is 0 Å². The van der Waals surface area contributed by atoms with Crippen molar-refractivity contribution in [2.24, 2.45) is 5.41 Å². The largest absolute Gasteiger partial charge is 0.505 e. The van der Waals surface area contributed by atoms with Crippen LogP contribution in [0.4, 0.5) is 4.39 Å². The molecule has 20 heavy (non-hydrogen) atoms. The number of aromatic hydroxyl groups is 1. The second-order valence-electron chi connectivity index (χ2n) is 6.20. The first-order chi connectivity index (χ1) is 9.28. The van der Waals surface area contributed by atoms with E-state index in [0.717, 1.165) is 6.07 Å². The van der Waals surface area contributed by atoms with Crippen LogP contribution in [0.5, 0.6) is 5.75 Å². The molecule has 0 saturated carbocycles. The van der Waals surface area contributed by atoms with Gasteiger partial charge in [0.25, 0.3) is 5.91 Å². The molecule has 1 aliphatic rings. The number of halogens is 1. The summed E-state index contributed by atoms with van der Waals surface area (Å²) in [5, 5.41) is 19.0. The van der Waals surface area contributed by atoms with E-state index in [1.165, 1.54) is 12.1 Å². The fourth-order valence-corrected chi connectivity index (χ4v) is 2.70. The molecule has 5 heteroatoms. The van der Waals surface area contributed by atoms with Crippen molar-refractivity contribution in [1.82, 2.24) is 4.90 Å². The minimum atomic E-state index is -0.801. The Morgan fingerprint density at radius 3 is 2.80 bits per heavy atom. The SMILES string of the molecule is CC1(C)C[C@@H](O)CCN(C(=O)c2ccc(O)c(F)c2)C1. The molecule has 1 saturated heterocycles. The monoisotopic (exact) mass is 281 g/mol. The van der Waals surface area contributed by atoms with Gasteiger partial charge in [-0.05, 0) is 36.5 Å². The molecule has 1 aliphatic heterocycles. The average molecular weight is 281 g/mol. The number of hydrogen-bond donors (Lipinski definition) is 2. The zero-order valence-electron chi connectivity index (χ0n) is 11.8. The summed E-state index contributed by atoms with van der Waals surface area (Å²) in [5.41, 5.74) is 0.0357. The van der Waals surface area contributed by atoms with E-state index in [2.05, 4.69) is 0 Å². The predicted molar refractivity (Wildman–Crippen MR) is 73.0 cm³/mol. The molecule has 0 unspecified atom stereocenters. The van der Waals surface area contributed by atoms with Gasteiger partial charge in [-0.2, -0.15) is 0 Å². The number of amides is 1. The zero-order valence-corrected chi connectivity index (χ0v) is 11.8. The van der Waals surface area contributed by atoms with Crippen LogP contribution in [-0.2, 0) is 0 Å². The minimum absolute atomic E-state index is 0.180. The van der Waals surface area contributed by atoms with E-state index in [4.69, 9.17) is 5.11 Å². The number of carbonyl (C=O) groups excluding carboxylic acids is 1. The van der Waals surface area contributed by atoms with Crippen molar-refractivity contribution in [3.8, 4) is 5.75 Å². The predicted octanol–water partition coefficient (Wildman–Crippen LogP) is 2.15. The van der Waals surface area contributed by atoms with Crippen LogP contribution in [0.3, 0.4) is 0 Å². The van der Waals surface area contributed by atoms with Crippen LogP contribution in [0.2, 0.25) is 0 Å². The molecule has 2 N–H and O–H groups in total. The Balaban J connectivity index is 2.21. The average Bonchev–Trinajstić information content (AvgIpc) is 2.49. The van der Waals surface area contributed by atoms with Crippen LogP contribution < -0.4 is 0 Å². The van der Waals surface area contributed by atoms with Crippen LogP contribution >= 0.6 is 0 Å². The number of likely N-dealkylation sites (tertiary alicyclic amines) is 1. The van der Waals surface area contributed by atoms with Crippen LogP contribution in [0.15, 0.2) is 18.2 Å². The number of phenolic OH excluding ortho intramolecular Hbond substituents is 1. The van der Waals surface area contributed by atoms with Gasteiger partial charge in [0, 0.05) is 18.7 Å². The lowest BCUT2D eigenvalue weighted by Crippen LogP contribution is -2.37. The van der Waals surface area contributed by atoms with E-state index in [1.807, 2.05) is 13.8 Å². The molecule has 1 fully saturated rings. The highest BCUT2D eigenvalue weighted by Crippen LogP contribution is 2.29. The number of hydrogen-bond acceptors (Lipinski definition) is 3. The van der Waals surface area contributed by atoms with E-state index in [0.29, 0.717) is 25.9 Å². The molecule has 0 aromatic heterocycles. The van der Waals surface area contributed by atoms with Crippen molar-refractivity contribution in [3.05, 3.63) is 29.6 Å². The number of nitrogens with zero attached hydrogens (tertiary/aromatic N) is 1. The molecule has 1 amide bonds. The van der Waals surface area contributed by atoms with Crippen LogP contribution in [0.1, 0.15) is 37.0 Å². The quantitative estimate of drug-likeness (QED) is 0.829. The van der Waals surface area contributed by atoms with Crippen molar-refractivity contribution < 1.29 is 19.4 Å². The molecule has 0 radical (unpaired) electrons. The Hall–Kier alpha value is -1.62. The molecule has 0 spiro atoms. The van der Waals surface area contributed by atoms with Crippen LogP contribution in [0.25, 0.3) is 0 Å². The maximum Gasteiger partial charge on any atom is 0.253 e. The minimum Gasteiger partial charge on any atom is -0.505 e. The molecule has 1 aromatic carbocycles. The summed E-state index contributed by atoms with van der Waals surface area (Å²) in [4.78, 5) is 14.0. The van der Waals surface area contributed by atoms with E-state index in [9.17, 15) is 14.3 Å². The van der Waals surface area contributed by atoms with Gasteiger partial charge in [0.15, 0.2) is 11.6 Å². The second kappa shape index (κ2) is 5.40. The van der Waals surface area contributed by atoms with Crippen LogP contribution in [0, 0.1) is 11.2 Å². The van der Waals surface area contributed by atoms with Crippen molar-refractivity contribution in [2.45, 2.75) is 32.8 Å². The molecule has 0 aliphatic carbocycles. The summed E-state index contributed by atoms with van der Waals surface area (Å²) in [6, 6.07) is 3.64. The maximum atomic E-state index is 13.3. The summed E-state index contributed by atoms with van der Waals surface area (Å²) in [6.07, 6.45) is 0.746.